The number of carbonyl (C=O) groups excluding carboxylic acids is 1. The van der Waals surface area contributed by atoms with Crippen molar-refractivity contribution in [1.82, 2.24) is 0 Å². The zero-order chi connectivity index (χ0) is 19.4. The maximum Gasteiger partial charge on any atom is 0.343 e. The number of ether oxygens (including phenoxy) is 2. The Labute approximate surface area is 156 Å². The molecule has 1 unspecified atom stereocenters. The van der Waals surface area contributed by atoms with Gasteiger partial charge >= 0.3 is 11.6 Å². The molecule has 3 rings (SSSR count). The summed E-state index contributed by atoms with van der Waals surface area (Å²) in [6.45, 7) is 1.94. The number of esters is 1. The van der Waals surface area contributed by atoms with Crippen molar-refractivity contribution < 1.29 is 23.8 Å². The Morgan fingerprint density at radius 3 is 2.52 bits per heavy atom. The molecule has 0 aliphatic carbocycles. The van der Waals surface area contributed by atoms with Gasteiger partial charge in [0.15, 0.2) is 0 Å². The molecule has 0 fully saturated rings. The average molecular weight is 368 g/mol. The monoisotopic (exact) mass is 368 g/mol. The molecule has 0 spiro atoms. The molecule has 0 aliphatic rings. The first-order valence-electron chi connectivity index (χ1n) is 8.59. The number of hydrogen-bond donors (Lipinski definition) is 1. The van der Waals surface area contributed by atoms with Crippen LogP contribution < -0.4 is 10.4 Å². The van der Waals surface area contributed by atoms with E-state index in [2.05, 4.69) is 0 Å². The highest BCUT2D eigenvalue weighted by atomic mass is 16.5. The first kappa shape index (κ1) is 18.5. The third-order valence-electron chi connectivity index (χ3n) is 4.36. The van der Waals surface area contributed by atoms with Crippen LogP contribution in [0.1, 0.15) is 30.4 Å². The summed E-state index contributed by atoms with van der Waals surface area (Å²) in [6, 6.07) is 13.7. The minimum atomic E-state index is -0.712. The van der Waals surface area contributed by atoms with Crippen LogP contribution >= 0.6 is 0 Å². The molecule has 2 aromatic carbocycles. The van der Waals surface area contributed by atoms with Gasteiger partial charge in [-0.2, -0.15) is 0 Å². The van der Waals surface area contributed by atoms with Crippen molar-refractivity contribution in [3.63, 3.8) is 0 Å². The quantitative estimate of drug-likeness (QED) is 0.529. The van der Waals surface area contributed by atoms with Gasteiger partial charge in [0.05, 0.1) is 31.1 Å². The maximum atomic E-state index is 12.6. The Bertz CT molecular complexity index is 1000. The fourth-order valence-electron chi connectivity index (χ4n) is 3.06. The van der Waals surface area contributed by atoms with E-state index in [9.17, 15) is 14.7 Å². The minimum absolute atomic E-state index is 0.0342. The minimum Gasteiger partial charge on any atom is -0.507 e. The highest BCUT2D eigenvalue weighted by Crippen LogP contribution is 2.36. The summed E-state index contributed by atoms with van der Waals surface area (Å²) in [6.07, 6.45) is -0.100. The largest absolute Gasteiger partial charge is 0.507 e. The molecule has 0 aliphatic heterocycles. The van der Waals surface area contributed by atoms with Crippen LogP contribution in [0, 0.1) is 0 Å². The summed E-state index contributed by atoms with van der Waals surface area (Å²) >= 11 is 0. The lowest BCUT2D eigenvalue weighted by Gasteiger charge is -2.18. The van der Waals surface area contributed by atoms with Crippen LogP contribution in [0.25, 0.3) is 11.0 Å². The second-order valence-electron chi connectivity index (χ2n) is 5.98. The van der Waals surface area contributed by atoms with Gasteiger partial charge in [-0.3, -0.25) is 4.79 Å². The van der Waals surface area contributed by atoms with Crippen molar-refractivity contribution in [2.24, 2.45) is 0 Å². The van der Waals surface area contributed by atoms with Gasteiger partial charge in [0, 0.05) is 5.92 Å². The number of hydrogen-bond acceptors (Lipinski definition) is 6. The third-order valence-corrected chi connectivity index (χ3v) is 4.36. The van der Waals surface area contributed by atoms with E-state index >= 15 is 0 Å². The SMILES string of the molecule is CCOC(=O)CC(c1ccc(OC)cc1)c1c(O)c2ccccc2oc1=O. The molecule has 6 heteroatoms. The molecule has 1 heterocycles. The normalized spacial score (nSPS) is 11.9. The van der Waals surface area contributed by atoms with Crippen LogP contribution in [0.2, 0.25) is 0 Å². The molecular formula is C21H20O6. The highest BCUT2D eigenvalue weighted by molar-refractivity contribution is 5.84. The molecule has 6 nitrogen and oxygen atoms in total. The van der Waals surface area contributed by atoms with Crippen molar-refractivity contribution in [3.8, 4) is 11.5 Å². The Morgan fingerprint density at radius 1 is 1.15 bits per heavy atom. The molecule has 0 radical (unpaired) electrons. The number of benzene rings is 2. The molecule has 0 bridgehead atoms. The fourth-order valence-corrected chi connectivity index (χ4v) is 3.06. The van der Waals surface area contributed by atoms with Crippen LogP contribution in [0.5, 0.6) is 11.5 Å². The van der Waals surface area contributed by atoms with E-state index in [1.807, 2.05) is 0 Å². The van der Waals surface area contributed by atoms with Crippen molar-refractivity contribution in [3.05, 3.63) is 70.1 Å². The molecule has 1 aromatic heterocycles. The van der Waals surface area contributed by atoms with E-state index in [1.54, 1.807) is 62.6 Å². The van der Waals surface area contributed by atoms with E-state index in [4.69, 9.17) is 13.9 Å². The van der Waals surface area contributed by atoms with Gasteiger partial charge in [-0.25, -0.2) is 4.79 Å². The molecule has 140 valence electrons. The Balaban J connectivity index is 2.16. The van der Waals surface area contributed by atoms with Crippen molar-refractivity contribution in [2.45, 2.75) is 19.3 Å². The predicted molar refractivity (Wildman–Crippen MR) is 100 cm³/mol. The fraction of sp³-hybridized carbons (Fsp3) is 0.238. The number of aromatic hydroxyl groups is 1. The van der Waals surface area contributed by atoms with Gasteiger partial charge in [0.1, 0.15) is 17.1 Å². The second-order valence-corrected chi connectivity index (χ2v) is 5.98. The zero-order valence-electron chi connectivity index (χ0n) is 15.1. The van der Waals surface area contributed by atoms with Crippen molar-refractivity contribution in [2.75, 3.05) is 13.7 Å². The summed E-state index contributed by atoms with van der Waals surface area (Å²) in [4.78, 5) is 24.8. The molecule has 0 saturated heterocycles. The number of rotatable bonds is 6. The van der Waals surface area contributed by atoms with Gasteiger partial charge in [-0.1, -0.05) is 24.3 Å². The van der Waals surface area contributed by atoms with Gasteiger partial charge in [-0.05, 0) is 36.8 Å². The summed E-state index contributed by atoms with van der Waals surface area (Å²) in [5.74, 6) is -0.726. The van der Waals surface area contributed by atoms with Crippen LogP contribution in [0.15, 0.2) is 57.7 Å². The van der Waals surface area contributed by atoms with Crippen molar-refractivity contribution in [1.29, 1.82) is 0 Å². The van der Waals surface area contributed by atoms with Gasteiger partial charge in [0.2, 0.25) is 0 Å². The smallest absolute Gasteiger partial charge is 0.343 e. The molecular weight excluding hydrogens is 348 g/mol. The van der Waals surface area contributed by atoms with Crippen LogP contribution in [0.3, 0.4) is 0 Å². The number of fused-ring (bicyclic) bond motifs is 1. The number of para-hydroxylation sites is 1. The van der Waals surface area contributed by atoms with E-state index in [1.165, 1.54) is 0 Å². The lowest BCUT2D eigenvalue weighted by Crippen LogP contribution is -2.18. The first-order chi connectivity index (χ1) is 13.0. The second kappa shape index (κ2) is 7.95. The van der Waals surface area contributed by atoms with Crippen LogP contribution in [-0.4, -0.2) is 24.8 Å². The van der Waals surface area contributed by atoms with Crippen molar-refractivity contribution >= 4 is 16.9 Å². The molecule has 1 atom stereocenters. The topological polar surface area (TPSA) is 86.0 Å². The summed E-state index contributed by atoms with van der Waals surface area (Å²) in [5, 5.41) is 11.2. The van der Waals surface area contributed by atoms with E-state index in [-0.39, 0.29) is 29.9 Å². The maximum absolute atomic E-state index is 12.6. The number of carbonyl (C=O) groups is 1. The average Bonchev–Trinajstić information content (AvgIpc) is 2.67. The summed E-state index contributed by atoms with van der Waals surface area (Å²) in [7, 11) is 1.55. The first-order valence-corrected chi connectivity index (χ1v) is 8.59. The summed E-state index contributed by atoms with van der Waals surface area (Å²) in [5.41, 5.74) is 0.304. The van der Waals surface area contributed by atoms with E-state index in [0.29, 0.717) is 16.7 Å². The molecule has 0 amide bonds. The lowest BCUT2D eigenvalue weighted by molar-refractivity contribution is -0.143. The third kappa shape index (κ3) is 3.79. The molecule has 1 N–H and O–H groups in total. The molecule has 3 aromatic rings. The van der Waals surface area contributed by atoms with Crippen LogP contribution in [0.4, 0.5) is 0 Å². The predicted octanol–water partition coefficient (Wildman–Crippen LogP) is 3.59. The standard InChI is InChI=1S/C21H20O6/c1-3-26-18(22)12-16(13-8-10-14(25-2)11-9-13)19-20(23)15-6-4-5-7-17(15)27-21(19)24/h4-11,16,23H,3,12H2,1-2H3. The summed E-state index contributed by atoms with van der Waals surface area (Å²) < 4.78 is 15.6. The lowest BCUT2D eigenvalue weighted by atomic mass is 9.88. The highest BCUT2D eigenvalue weighted by Gasteiger charge is 2.27. The zero-order valence-corrected chi connectivity index (χ0v) is 15.1. The van der Waals surface area contributed by atoms with Gasteiger partial charge in [0.25, 0.3) is 0 Å². The van der Waals surface area contributed by atoms with E-state index < -0.39 is 17.5 Å². The Kier molecular flexibility index (Phi) is 5.45. The van der Waals surface area contributed by atoms with Gasteiger partial charge < -0.3 is 19.0 Å². The van der Waals surface area contributed by atoms with Crippen LogP contribution in [-0.2, 0) is 9.53 Å². The van der Waals surface area contributed by atoms with E-state index in [0.717, 1.165) is 0 Å². The molecule has 0 saturated carbocycles. The Morgan fingerprint density at radius 2 is 1.85 bits per heavy atom. The number of methoxy groups -OCH3 is 1. The Hall–Kier alpha value is -3.28. The molecule has 27 heavy (non-hydrogen) atoms. The van der Waals surface area contributed by atoms with Gasteiger partial charge in [-0.15, -0.1) is 0 Å².